The number of hydrogen-bond acceptors (Lipinski definition) is 4. The normalized spacial score (nSPS) is 12.7. The highest BCUT2D eigenvalue weighted by molar-refractivity contribution is 7.91. The summed E-state index contributed by atoms with van der Waals surface area (Å²) in [5, 5.41) is 4.91. The first-order valence-electron chi connectivity index (χ1n) is 10.5. The Hall–Kier alpha value is -3.64. The zero-order chi connectivity index (χ0) is 22.3. The third-order valence-electron chi connectivity index (χ3n) is 5.89. The largest absolute Gasteiger partial charge is 0.367 e. The van der Waals surface area contributed by atoms with Crippen LogP contribution in [-0.4, -0.2) is 20.9 Å². The minimum atomic E-state index is -3.53. The van der Waals surface area contributed by atoms with E-state index in [0.29, 0.717) is 17.0 Å². The summed E-state index contributed by atoms with van der Waals surface area (Å²) in [4.78, 5) is 15.0. The van der Waals surface area contributed by atoms with E-state index in [-0.39, 0.29) is 10.8 Å². The molecular weight excluding hydrogens is 420 g/mol. The van der Waals surface area contributed by atoms with Gasteiger partial charge in [-0.3, -0.25) is 4.79 Å². The Bertz CT molecular complexity index is 1430. The van der Waals surface area contributed by atoms with Crippen LogP contribution < -0.4 is 10.2 Å². The summed E-state index contributed by atoms with van der Waals surface area (Å²) >= 11 is 0. The van der Waals surface area contributed by atoms with Gasteiger partial charge in [0.05, 0.1) is 9.79 Å². The van der Waals surface area contributed by atoms with Crippen molar-refractivity contribution in [3.63, 3.8) is 0 Å². The van der Waals surface area contributed by atoms with Crippen LogP contribution in [0.2, 0.25) is 0 Å². The molecule has 4 aromatic rings. The predicted molar refractivity (Wildman–Crippen MR) is 127 cm³/mol. The summed E-state index contributed by atoms with van der Waals surface area (Å²) < 4.78 is 25.7. The molecule has 0 aliphatic carbocycles. The first-order chi connectivity index (χ1) is 15.5. The second-order valence-electron chi connectivity index (χ2n) is 7.79. The molecule has 6 heteroatoms. The molecule has 0 radical (unpaired) electrons. The highest BCUT2D eigenvalue weighted by Gasteiger charge is 2.23. The smallest absolute Gasteiger partial charge is 0.256 e. The van der Waals surface area contributed by atoms with E-state index in [2.05, 4.69) is 17.1 Å². The molecule has 0 fully saturated rings. The van der Waals surface area contributed by atoms with Crippen molar-refractivity contribution in [2.75, 3.05) is 16.8 Å². The first kappa shape index (κ1) is 20.3. The Morgan fingerprint density at radius 3 is 2.25 bits per heavy atom. The van der Waals surface area contributed by atoms with Crippen LogP contribution in [0.4, 0.5) is 11.4 Å². The maximum Gasteiger partial charge on any atom is 0.256 e. The van der Waals surface area contributed by atoms with E-state index < -0.39 is 9.84 Å². The third-order valence-corrected chi connectivity index (χ3v) is 7.68. The van der Waals surface area contributed by atoms with Crippen molar-refractivity contribution in [3.05, 3.63) is 96.1 Å². The highest BCUT2D eigenvalue weighted by Crippen LogP contribution is 2.38. The summed E-state index contributed by atoms with van der Waals surface area (Å²) in [5.74, 6) is -0.0685. The standard InChI is InChI=1S/C26H22N2O3S/c1-2-28(24-16-15-23-25-21(24)9-6-10-22(25)26(29)27-23)17-18-11-13-20(14-12-18)32(30,31)19-7-4-3-5-8-19/h3-16H,2,17H2,1H3,(H,27,29). The van der Waals surface area contributed by atoms with Crippen molar-refractivity contribution in [1.82, 2.24) is 0 Å². The van der Waals surface area contributed by atoms with Crippen molar-refractivity contribution in [1.29, 1.82) is 0 Å². The predicted octanol–water partition coefficient (Wildman–Crippen LogP) is 5.26. The van der Waals surface area contributed by atoms with Crippen LogP contribution >= 0.6 is 0 Å². The lowest BCUT2D eigenvalue weighted by Gasteiger charge is -2.25. The summed E-state index contributed by atoms with van der Waals surface area (Å²) in [6.07, 6.45) is 0. The van der Waals surface area contributed by atoms with Crippen molar-refractivity contribution in [2.24, 2.45) is 0 Å². The summed E-state index contributed by atoms with van der Waals surface area (Å²) in [7, 11) is -3.53. The van der Waals surface area contributed by atoms with E-state index in [0.717, 1.165) is 34.3 Å². The molecule has 0 bridgehead atoms. The van der Waals surface area contributed by atoms with Gasteiger partial charge in [-0.15, -0.1) is 0 Å². The SMILES string of the molecule is CCN(Cc1ccc(S(=O)(=O)c2ccccc2)cc1)c1ccc2c3c(cccc13)C(=O)N2. The Labute approximate surface area is 187 Å². The molecule has 0 saturated carbocycles. The van der Waals surface area contributed by atoms with E-state index in [9.17, 15) is 13.2 Å². The van der Waals surface area contributed by atoms with Crippen molar-refractivity contribution < 1.29 is 13.2 Å². The van der Waals surface area contributed by atoms with Gasteiger partial charge in [-0.2, -0.15) is 0 Å². The van der Waals surface area contributed by atoms with Gasteiger partial charge < -0.3 is 10.2 Å². The maximum absolute atomic E-state index is 12.8. The molecule has 0 spiro atoms. The molecule has 1 amide bonds. The molecule has 0 atom stereocenters. The first-order valence-corrected chi connectivity index (χ1v) is 12.0. The minimum absolute atomic E-state index is 0.0685. The van der Waals surface area contributed by atoms with E-state index in [1.807, 2.05) is 42.5 Å². The Balaban J connectivity index is 1.46. The molecule has 0 aromatic heterocycles. The average molecular weight is 443 g/mol. The monoisotopic (exact) mass is 442 g/mol. The van der Waals surface area contributed by atoms with Gasteiger partial charge in [-0.05, 0) is 55.0 Å². The van der Waals surface area contributed by atoms with E-state index in [4.69, 9.17) is 0 Å². The van der Waals surface area contributed by atoms with Gasteiger partial charge in [0.2, 0.25) is 9.84 Å². The van der Waals surface area contributed by atoms with Crippen LogP contribution in [-0.2, 0) is 16.4 Å². The molecule has 160 valence electrons. The zero-order valence-corrected chi connectivity index (χ0v) is 18.4. The number of carbonyl (C=O) groups is 1. The Morgan fingerprint density at radius 1 is 0.812 bits per heavy atom. The van der Waals surface area contributed by atoms with Gasteiger partial charge in [0.1, 0.15) is 0 Å². The lowest BCUT2D eigenvalue weighted by molar-refractivity contribution is 0.103. The molecule has 5 nitrogen and oxygen atoms in total. The van der Waals surface area contributed by atoms with Crippen LogP contribution in [0.25, 0.3) is 10.8 Å². The zero-order valence-electron chi connectivity index (χ0n) is 17.6. The number of rotatable bonds is 6. The molecule has 5 rings (SSSR count). The van der Waals surface area contributed by atoms with Crippen LogP contribution in [0.15, 0.2) is 94.7 Å². The lowest BCUT2D eigenvalue weighted by atomic mass is 10.0. The third kappa shape index (κ3) is 3.33. The molecule has 1 aliphatic heterocycles. The quantitative estimate of drug-likeness (QED) is 0.442. The number of sulfone groups is 1. The number of anilines is 2. The van der Waals surface area contributed by atoms with E-state index in [1.165, 1.54) is 0 Å². The van der Waals surface area contributed by atoms with Gasteiger partial charge in [0.15, 0.2) is 0 Å². The van der Waals surface area contributed by atoms with Gasteiger partial charge in [-0.1, -0.05) is 42.5 Å². The van der Waals surface area contributed by atoms with Crippen molar-refractivity contribution in [2.45, 2.75) is 23.3 Å². The average Bonchev–Trinajstić information content (AvgIpc) is 3.16. The molecule has 1 heterocycles. The number of nitrogens with zero attached hydrogens (tertiary/aromatic N) is 1. The Kier molecular flexibility index (Phi) is 4.94. The molecule has 4 aromatic carbocycles. The van der Waals surface area contributed by atoms with Crippen LogP contribution in [0.3, 0.4) is 0 Å². The second-order valence-corrected chi connectivity index (χ2v) is 9.74. The fourth-order valence-electron chi connectivity index (χ4n) is 4.25. The van der Waals surface area contributed by atoms with E-state index >= 15 is 0 Å². The second kappa shape index (κ2) is 7.80. The molecule has 0 saturated heterocycles. The van der Waals surface area contributed by atoms with Gasteiger partial charge in [0.25, 0.3) is 5.91 Å². The number of nitrogens with one attached hydrogen (secondary N) is 1. The minimum Gasteiger partial charge on any atom is -0.367 e. The fourth-order valence-corrected chi connectivity index (χ4v) is 5.53. The van der Waals surface area contributed by atoms with Gasteiger partial charge in [-0.25, -0.2) is 8.42 Å². The number of amides is 1. The van der Waals surface area contributed by atoms with Gasteiger partial charge >= 0.3 is 0 Å². The van der Waals surface area contributed by atoms with Crippen molar-refractivity contribution >= 4 is 37.9 Å². The van der Waals surface area contributed by atoms with Crippen LogP contribution in [0.1, 0.15) is 22.8 Å². The van der Waals surface area contributed by atoms with Crippen molar-refractivity contribution in [3.8, 4) is 0 Å². The van der Waals surface area contributed by atoms with Crippen LogP contribution in [0.5, 0.6) is 0 Å². The summed E-state index contributed by atoms with van der Waals surface area (Å²) in [5.41, 5.74) is 3.60. The molecular formula is C26H22N2O3S. The maximum atomic E-state index is 12.8. The van der Waals surface area contributed by atoms with E-state index in [1.54, 1.807) is 42.5 Å². The molecule has 1 aliphatic rings. The lowest BCUT2D eigenvalue weighted by Crippen LogP contribution is -2.22. The number of benzene rings is 4. The Morgan fingerprint density at radius 2 is 1.53 bits per heavy atom. The fraction of sp³-hybridized carbons (Fsp3) is 0.115. The van der Waals surface area contributed by atoms with Crippen LogP contribution in [0, 0.1) is 0 Å². The number of carbonyl (C=O) groups excluding carboxylic acids is 1. The highest BCUT2D eigenvalue weighted by atomic mass is 32.2. The summed E-state index contributed by atoms with van der Waals surface area (Å²) in [6, 6.07) is 25.3. The molecule has 32 heavy (non-hydrogen) atoms. The molecule has 1 N–H and O–H groups in total. The van der Waals surface area contributed by atoms with Gasteiger partial charge in [0, 0.05) is 40.8 Å². The number of hydrogen-bond donors (Lipinski definition) is 1. The molecule has 0 unspecified atom stereocenters. The summed E-state index contributed by atoms with van der Waals surface area (Å²) in [6.45, 7) is 3.48. The topological polar surface area (TPSA) is 66.5 Å².